The topological polar surface area (TPSA) is 42.0 Å². The van der Waals surface area contributed by atoms with E-state index in [-0.39, 0.29) is 5.91 Å². The summed E-state index contributed by atoms with van der Waals surface area (Å²) in [6, 6.07) is 26.5. The van der Waals surface area contributed by atoms with E-state index in [1.165, 1.54) is 10.3 Å². The van der Waals surface area contributed by atoms with Gasteiger partial charge < -0.3 is 5.32 Å². The van der Waals surface area contributed by atoms with Gasteiger partial charge in [0.25, 0.3) is 0 Å². The molecule has 0 saturated heterocycles. The Labute approximate surface area is 169 Å². The summed E-state index contributed by atoms with van der Waals surface area (Å²) in [4.78, 5) is 16.9. The van der Waals surface area contributed by atoms with E-state index in [4.69, 9.17) is 0 Å². The van der Waals surface area contributed by atoms with Crippen LogP contribution in [0.1, 0.15) is 24.8 Å². The molecule has 3 aromatic carbocycles. The van der Waals surface area contributed by atoms with E-state index in [1.807, 2.05) is 48.5 Å². The van der Waals surface area contributed by atoms with Crippen LogP contribution >= 0.6 is 11.3 Å². The molecule has 0 unspecified atom stereocenters. The van der Waals surface area contributed by atoms with Gasteiger partial charge in [-0.2, -0.15) is 0 Å². The quantitative estimate of drug-likeness (QED) is 0.378. The Bertz CT molecular complexity index is 1020. The van der Waals surface area contributed by atoms with Crippen molar-refractivity contribution in [1.29, 1.82) is 0 Å². The lowest BCUT2D eigenvalue weighted by atomic mass is 10.1. The Balaban J connectivity index is 1.28. The normalized spacial score (nSPS) is 10.9. The van der Waals surface area contributed by atoms with Crippen LogP contribution in [0, 0.1) is 0 Å². The van der Waals surface area contributed by atoms with E-state index in [1.54, 1.807) is 11.3 Å². The number of nitrogens with one attached hydrogen (secondary N) is 1. The van der Waals surface area contributed by atoms with Gasteiger partial charge in [-0.3, -0.25) is 4.79 Å². The molecule has 140 valence electrons. The number of carbonyl (C=O) groups excluding carboxylic acids is 1. The van der Waals surface area contributed by atoms with Gasteiger partial charge in [0.15, 0.2) is 0 Å². The van der Waals surface area contributed by atoms with Gasteiger partial charge in [0.2, 0.25) is 5.91 Å². The van der Waals surface area contributed by atoms with Gasteiger partial charge in [0, 0.05) is 17.7 Å². The highest BCUT2D eigenvalue weighted by Crippen LogP contribution is 2.30. The molecule has 0 aliphatic heterocycles. The first-order valence-corrected chi connectivity index (χ1v) is 10.4. The van der Waals surface area contributed by atoms with E-state index >= 15 is 0 Å². The predicted molar refractivity (Wildman–Crippen MR) is 118 cm³/mol. The summed E-state index contributed by atoms with van der Waals surface area (Å²) in [7, 11) is 0. The molecule has 0 saturated carbocycles. The molecular formula is C24H22N2OS. The summed E-state index contributed by atoms with van der Waals surface area (Å²) in [6.07, 6.45) is 3.48. The van der Waals surface area contributed by atoms with Gasteiger partial charge >= 0.3 is 0 Å². The van der Waals surface area contributed by atoms with Crippen LogP contribution in [0.2, 0.25) is 0 Å². The van der Waals surface area contributed by atoms with Gasteiger partial charge in [0.1, 0.15) is 5.01 Å². The lowest BCUT2D eigenvalue weighted by molar-refractivity contribution is -0.116. The maximum Gasteiger partial charge on any atom is 0.224 e. The average molecular weight is 387 g/mol. The van der Waals surface area contributed by atoms with E-state index in [0.717, 1.165) is 41.0 Å². The van der Waals surface area contributed by atoms with Crippen LogP contribution in [-0.2, 0) is 11.2 Å². The van der Waals surface area contributed by atoms with Gasteiger partial charge in [-0.15, -0.1) is 11.3 Å². The molecule has 0 atom stereocenters. The van der Waals surface area contributed by atoms with E-state index in [2.05, 4.69) is 40.6 Å². The molecule has 0 aliphatic carbocycles. The van der Waals surface area contributed by atoms with Crippen LogP contribution in [0.15, 0.2) is 78.9 Å². The van der Waals surface area contributed by atoms with Crippen molar-refractivity contribution < 1.29 is 4.79 Å². The van der Waals surface area contributed by atoms with Crippen LogP contribution < -0.4 is 5.32 Å². The second-order valence-corrected chi connectivity index (χ2v) is 7.84. The molecule has 0 fully saturated rings. The highest BCUT2D eigenvalue weighted by atomic mass is 32.1. The number of amides is 1. The van der Waals surface area contributed by atoms with Crippen molar-refractivity contribution in [3.63, 3.8) is 0 Å². The Kier molecular flexibility index (Phi) is 5.78. The van der Waals surface area contributed by atoms with E-state index in [0.29, 0.717) is 6.42 Å². The zero-order valence-electron chi connectivity index (χ0n) is 15.6. The Hall–Kier alpha value is -2.98. The van der Waals surface area contributed by atoms with Crippen molar-refractivity contribution in [2.24, 2.45) is 0 Å². The Morgan fingerprint density at radius 1 is 0.857 bits per heavy atom. The van der Waals surface area contributed by atoms with Gasteiger partial charge in [-0.25, -0.2) is 4.98 Å². The lowest BCUT2D eigenvalue weighted by Gasteiger charge is -2.06. The monoisotopic (exact) mass is 386 g/mol. The highest BCUT2D eigenvalue weighted by Gasteiger charge is 2.07. The summed E-state index contributed by atoms with van der Waals surface area (Å²) < 4.78 is 1.19. The molecule has 1 N–H and O–H groups in total. The first-order valence-electron chi connectivity index (χ1n) is 9.58. The van der Waals surface area contributed by atoms with Crippen molar-refractivity contribution >= 4 is 33.1 Å². The highest BCUT2D eigenvalue weighted by molar-refractivity contribution is 7.21. The minimum absolute atomic E-state index is 0.0702. The van der Waals surface area contributed by atoms with E-state index in [9.17, 15) is 4.79 Å². The molecule has 0 bridgehead atoms. The van der Waals surface area contributed by atoms with Crippen LogP contribution in [-0.4, -0.2) is 10.9 Å². The molecule has 3 nitrogen and oxygen atoms in total. The smallest absolute Gasteiger partial charge is 0.224 e. The number of carbonyl (C=O) groups is 1. The number of thiazole rings is 1. The Morgan fingerprint density at radius 2 is 1.61 bits per heavy atom. The second kappa shape index (κ2) is 8.81. The molecule has 28 heavy (non-hydrogen) atoms. The summed E-state index contributed by atoms with van der Waals surface area (Å²) in [6.45, 7) is 0. The number of nitrogens with zero attached hydrogens (tertiary/aromatic N) is 1. The van der Waals surface area contributed by atoms with Crippen molar-refractivity contribution in [2.45, 2.75) is 25.7 Å². The van der Waals surface area contributed by atoms with Crippen molar-refractivity contribution in [3.05, 3.63) is 84.4 Å². The molecule has 4 aromatic rings. The minimum Gasteiger partial charge on any atom is -0.326 e. The number of anilines is 1. The maximum atomic E-state index is 12.2. The van der Waals surface area contributed by atoms with Crippen molar-refractivity contribution in [3.8, 4) is 10.6 Å². The number of para-hydroxylation sites is 1. The number of rotatable bonds is 7. The third kappa shape index (κ3) is 4.65. The zero-order valence-corrected chi connectivity index (χ0v) is 16.4. The molecule has 0 aliphatic rings. The summed E-state index contributed by atoms with van der Waals surface area (Å²) in [5.41, 5.74) is 4.25. The molecule has 1 aromatic heterocycles. The molecular weight excluding hydrogens is 364 g/mol. The fourth-order valence-corrected chi connectivity index (χ4v) is 4.15. The lowest BCUT2D eigenvalue weighted by Crippen LogP contribution is -2.11. The number of aromatic nitrogens is 1. The number of hydrogen-bond donors (Lipinski definition) is 1. The van der Waals surface area contributed by atoms with Gasteiger partial charge in [-0.05, 0) is 61.2 Å². The number of benzene rings is 3. The third-order valence-electron chi connectivity index (χ3n) is 4.67. The van der Waals surface area contributed by atoms with Crippen LogP contribution in [0.3, 0.4) is 0 Å². The van der Waals surface area contributed by atoms with Gasteiger partial charge in [-0.1, -0.05) is 42.5 Å². The average Bonchev–Trinajstić information content (AvgIpc) is 3.17. The first kappa shape index (κ1) is 18.4. The number of unbranched alkanes of at least 4 members (excludes halogenated alkanes) is 1. The summed E-state index contributed by atoms with van der Waals surface area (Å²) >= 11 is 1.68. The van der Waals surface area contributed by atoms with Crippen molar-refractivity contribution in [1.82, 2.24) is 4.98 Å². The first-order chi connectivity index (χ1) is 13.8. The van der Waals surface area contributed by atoms with Crippen LogP contribution in [0.4, 0.5) is 5.69 Å². The molecule has 4 rings (SSSR count). The molecule has 0 radical (unpaired) electrons. The molecule has 1 amide bonds. The van der Waals surface area contributed by atoms with E-state index < -0.39 is 0 Å². The molecule has 4 heteroatoms. The summed E-state index contributed by atoms with van der Waals surface area (Å²) in [5, 5.41) is 3.99. The summed E-state index contributed by atoms with van der Waals surface area (Å²) in [5.74, 6) is 0.0702. The Morgan fingerprint density at radius 3 is 2.39 bits per heavy atom. The predicted octanol–water partition coefficient (Wildman–Crippen LogP) is 6.31. The van der Waals surface area contributed by atoms with Crippen molar-refractivity contribution in [2.75, 3.05) is 5.32 Å². The standard InChI is InChI=1S/C24H22N2OS/c27-23(13-7-4-10-18-8-2-1-3-9-18)25-20-16-14-19(15-17-20)24-26-21-11-5-6-12-22(21)28-24/h1-3,5-6,8-9,11-12,14-17H,4,7,10,13H2,(H,25,27). The minimum atomic E-state index is 0.0702. The fourth-order valence-electron chi connectivity index (χ4n) is 3.17. The van der Waals surface area contributed by atoms with Gasteiger partial charge in [0.05, 0.1) is 10.2 Å². The molecule has 0 spiro atoms. The number of fused-ring (bicyclic) bond motifs is 1. The van der Waals surface area contributed by atoms with Crippen LogP contribution in [0.25, 0.3) is 20.8 Å². The number of hydrogen-bond acceptors (Lipinski definition) is 3. The fraction of sp³-hybridized carbons (Fsp3) is 0.167. The largest absolute Gasteiger partial charge is 0.326 e. The SMILES string of the molecule is O=C(CCCCc1ccccc1)Nc1ccc(-c2nc3ccccc3s2)cc1. The number of aryl methyl sites for hydroxylation is 1. The molecule has 1 heterocycles. The van der Waals surface area contributed by atoms with Crippen LogP contribution in [0.5, 0.6) is 0 Å². The maximum absolute atomic E-state index is 12.2. The second-order valence-electron chi connectivity index (χ2n) is 6.80. The third-order valence-corrected chi connectivity index (χ3v) is 5.76. The zero-order chi connectivity index (χ0) is 19.2.